The molecule has 0 saturated heterocycles. The van der Waals surface area contributed by atoms with Crippen LogP contribution in [0.25, 0.3) is 0 Å². The molecule has 4 N–H and O–H groups in total. The molecular weight excluding hydrogens is 368 g/mol. The minimum atomic E-state index is -0.768. The number of rotatable bonds is 4. The van der Waals surface area contributed by atoms with Gasteiger partial charge in [0.05, 0.1) is 18.3 Å². The summed E-state index contributed by atoms with van der Waals surface area (Å²) in [7, 11) is 0. The maximum absolute atomic E-state index is 11.3. The molecule has 5 nitrogen and oxygen atoms in total. The van der Waals surface area contributed by atoms with Crippen molar-refractivity contribution in [3.05, 3.63) is 0 Å². The maximum Gasteiger partial charge on any atom is 0.303 e. The van der Waals surface area contributed by atoms with Crippen LogP contribution in [0, 0.1) is 46.3 Å². The molecule has 166 valence electrons. The van der Waals surface area contributed by atoms with Gasteiger partial charge in [0, 0.05) is 6.42 Å². The Hall–Kier alpha value is -0.650. The van der Waals surface area contributed by atoms with Gasteiger partial charge in [-0.15, -0.1) is 0 Å². The number of aliphatic hydroxyl groups excluding tert-OH is 3. The summed E-state index contributed by atoms with van der Waals surface area (Å²) < 4.78 is 0. The van der Waals surface area contributed by atoms with Crippen molar-refractivity contribution >= 4 is 5.97 Å². The van der Waals surface area contributed by atoms with Crippen molar-refractivity contribution in [3.63, 3.8) is 0 Å². The average molecular weight is 409 g/mol. The number of fused-ring (bicyclic) bond motifs is 5. The number of hydrogen-bond donors (Lipinski definition) is 4. The van der Waals surface area contributed by atoms with Crippen molar-refractivity contribution in [3.8, 4) is 0 Å². The molecule has 0 radical (unpaired) electrons. The largest absolute Gasteiger partial charge is 0.481 e. The number of aliphatic carboxylic acids is 1. The second kappa shape index (κ2) is 7.49. The second-order valence-electron chi connectivity index (χ2n) is 11.5. The number of carboxylic acids is 1. The summed E-state index contributed by atoms with van der Waals surface area (Å²) in [5, 5.41) is 41.6. The Kier molecular flexibility index (Phi) is 5.57. The first kappa shape index (κ1) is 21.6. The first-order valence-corrected chi connectivity index (χ1v) is 11.8. The Morgan fingerprint density at radius 1 is 0.966 bits per heavy atom. The van der Waals surface area contributed by atoms with E-state index in [0.29, 0.717) is 24.2 Å². The fourth-order valence-corrected chi connectivity index (χ4v) is 8.82. The van der Waals surface area contributed by atoms with E-state index in [9.17, 15) is 20.1 Å². The van der Waals surface area contributed by atoms with E-state index in [1.165, 1.54) is 0 Å². The van der Waals surface area contributed by atoms with E-state index < -0.39 is 12.1 Å². The minimum Gasteiger partial charge on any atom is -0.481 e. The van der Waals surface area contributed by atoms with Crippen LogP contribution in [-0.4, -0.2) is 44.7 Å². The van der Waals surface area contributed by atoms with Crippen LogP contribution in [0.2, 0.25) is 0 Å². The van der Waals surface area contributed by atoms with Crippen molar-refractivity contribution in [1.82, 2.24) is 0 Å². The molecular formula is C24H40O5. The van der Waals surface area contributed by atoms with Crippen molar-refractivity contribution in [2.45, 2.75) is 96.9 Å². The van der Waals surface area contributed by atoms with E-state index in [2.05, 4.69) is 20.8 Å². The summed E-state index contributed by atoms with van der Waals surface area (Å²) in [4.78, 5) is 11.1. The van der Waals surface area contributed by atoms with Gasteiger partial charge in [0.15, 0.2) is 0 Å². The molecule has 4 aliphatic rings. The van der Waals surface area contributed by atoms with Gasteiger partial charge in [-0.3, -0.25) is 4.79 Å². The summed E-state index contributed by atoms with van der Waals surface area (Å²) in [6.45, 7) is 6.81. The van der Waals surface area contributed by atoms with Gasteiger partial charge in [0.25, 0.3) is 0 Å². The van der Waals surface area contributed by atoms with Crippen LogP contribution < -0.4 is 0 Å². The first-order chi connectivity index (χ1) is 13.6. The molecule has 11 atom stereocenters. The molecule has 0 aromatic carbocycles. The number of carbonyl (C=O) groups is 1. The van der Waals surface area contributed by atoms with Crippen molar-refractivity contribution in [2.24, 2.45) is 46.3 Å². The highest BCUT2D eigenvalue weighted by atomic mass is 16.4. The highest BCUT2D eigenvalue weighted by Gasteiger charge is 2.64. The number of carboxylic acid groups (broad SMARTS) is 1. The van der Waals surface area contributed by atoms with Crippen molar-refractivity contribution in [1.29, 1.82) is 0 Å². The molecule has 4 aliphatic carbocycles. The van der Waals surface area contributed by atoms with Crippen LogP contribution in [-0.2, 0) is 4.79 Å². The van der Waals surface area contributed by atoms with Crippen LogP contribution in [0.15, 0.2) is 0 Å². The van der Waals surface area contributed by atoms with E-state index in [1.54, 1.807) is 0 Å². The summed E-state index contributed by atoms with van der Waals surface area (Å²) in [6, 6.07) is 0. The predicted octanol–water partition coefficient (Wildman–Crippen LogP) is 3.45. The lowest BCUT2D eigenvalue weighted by Gasteiger charge is -2.62. The van der Waals surface area contributed by atoms with Gasteiger partial charge in [0.1, 0.15) is 0 Å². The number of aliphatic hydroxyl groups is 3. The zero-order valence-corrected chi connectivity index (χ0v) is 18.3. The van der Waals surface area contributed by atoms with Gasteiger partial charge < -0.3 is 20.4 Å². The molecule has 1 unspecified atom stereocenters. The van der Waals surface area contributed by atoms with Crippen LogP contribution in [0.4, 0.5) is 0 Å². The highest BCUT2D eigenvalue weighted by molar-refractivity contribution is 5.66. The van der Waals surface area contributed by atoms with Crippen LogP contribution in [0.5, 0.6) is 0 Å². The third-order valence-corrected chi connectivity index (χ3v) is 10.2. The SMILES string of the molecule is C[C@H](CCC(=O)O)C1[C@H](O)C[C@H]2[C@@H]3[C@H](O)C[C@@H]4C[C@H](O)CC[C@]4(C)[C@H]3CC[C@]12C. The van der Waals surface area contributed by atoms with Crippen LogP contribution in [0.3, 0.4) is 0 Å². The lowest BCUT2D eigenvalue weighted by Crippen LogP contribution is -2.58. The summed E-state index contributed by atoms with van der Waals surface area (Å²) in [5.74, 6) is 0.881. The van der Waals surface area contributed by atoms with Crippen molar-refractivity contribution in [2.75, 3.05) is 0 Å². The van der Waals surface area contributed by atoms with E-state index in [1.807, 2.05) is 0 Å². The Labute approximate surface area is 174 Å². The van der Waals surface area contributed by atoms with Crippen molar-refractivity contribution < 1.29 is 25.2 Å². The average Bonchev–Trinajstić information content (AvgIpc) is 2.91. The zero-order chi connectivity index (χ0) is 21.1. The molecule has 4 rings (SSSR count). The molecule has 4 saturated carbocycles. The smallest absolute Gasteiger partial charge is 0.303 e. The Morgan fingerprint density at radius 2 is 1.66 bits per heavy atom. The molecule has 0 heterocycles. The van der Waals surface area contributed by atoms with Gasteiger partial charge in [0.2, 0.25) is 0 Å². The molecule has 0 aromatic rings. The van der Waals surface area contributed by atoms with Gasteiger partial charge in [-0.25, -0.2) is 0 Å². The topological polar surface area (TPSA) is 98.0 Å². The summed E-state index contributed by atoms with van der Waals surface area (Å²) >= 11 is 0. The Balaban J connectivity index is 1.59. The van der Waals surface area contributed by atoms with E-state index in [4.69, 9.17) is 5.11 Å². The van der Waals surface area contributed by atoms with Gasteiger partial charge >= 0.3 is 5.97 Å². The fraction of sp³-hybridized carbons (Fsp3) is 0.958. The van der Waals surface area contributed by atoms with E-state index >= 15 is 0 Å². The molecule has 0 aliphatic heterocycles. The fourth-order valence-electron chi connectivity index (χ4n) is 8.82. The van der Waals surface area contributed by atoms with Gasteiger partial charge in [-0.05, 0) is 97.7 Å². The quantitative estimate of drug-likeness (QED) is 0.571. The molecule has 29 heavy (non-hydrogen) atoms. The maximum atomic E-state index is 11.3. The molecule has 0 amide bonds. The molecule has 5 heteroatoms. The summed E-state index contributed by atoms with van der Waals surface area (Å²) in [5.41, 5.74) is 0.152. The second-order valence-corrected chi connectivity index (χ2v) is 11.5. The van der Waals surface area contributed by atoms with E-state index in [-0.39, 0.29) is 47.2 Å². The lowest BCUT2D eigenvalue weighted by molar-refractivity contribution is -0.174. The monoisotopic (exact) mass is 408 g/mol. The lowest BCUT2D eigenvalue weighted by atomic mass is 9.43. The normalized spacial score (nSPS) is 52.9. The number of hydrogen-bond acceptors (Lipinski definition) is 4. The molecule has 0 aromatic heterocycles. The third-order valence-electron chi connectivity index (χ3n) is 10.2. The van der Waals surface area contributed by atoms with E-state index in [0.717, 1.165) is 44.9 Å². The predicted molar refractivity (Wildman–Crippen MR) is 110 cm³/mol. The van der Waals surface area contributed by atoms with Crippen LogP contribution >= 0.6 is 0 Å². The van der Waals surface area contributed by atoms with Crippen LogP contribution in [0.1, 0.15) is 78.6 Å². The Morgan fingerprint density at radius 3 is 2.34 bits per heavy atom. The van der Waals surface area contributed by atoms with Gasteiger partial charge in [-0.1, -0.05) is 20.8 Å². The zero-order valence-electron chi connectivity index (χ0n) is 18.3. The Bertz CT molecular complexity index is 637. The third kappa shape index (κ3) is 3.36. The minimum absolute atomic E-state index is 0.0309. The first-order valence-electron chi connectivity index (χ1n) is 11.8. The summed E-state index contributed by atoms with van der Waals surface area (Å²) in [6.07, 6.45) is 6.14. The highest BCUT2D eigenvalue weighted by Crippen LogP contribution is 2.68. The molecule has 0 bridgehead atoms. The standard InChI is InChI=1S/C24H40O5/c1-13(4-5-20(28)29)22-19(27)12-17-21-16(7-9-24(17,22)3)23(2)8-6-15(25)10-14(23)11-18(21)26/h13-19,21-22,25-27H,4-12H2,1-3H3,(H,28,29)/t13-,14+,15-,16+,17+,18-,19-,21-,22?,23+,24+/m1/s1. The van der Waals surface area contributed by atoms with Gasteiger partial charge in [-0.2, -0.15) is 0 Å². The molecule has 4 fully saturated rings. The molecule has 0 spiro atoms.